The number of carbonyl (C=O) groups excluding carboxylic acids is 1. The van der Waals surface area contributed by atoms with Crippen molar-refractivity contribution in [2.45, 2.75) is 32.0 Å². The van der Waals surface area contributed by atoms with Crippen molar-refractivity contribution in [3.8, 4) is 11.8 Å². The van der Waals surface area contributed by atoms with Gasteiger partial charge in [0.1, 0.15) is 11.4 Å². The van der Waals surface area contributed by atoms with E-state index in [-0.39, 0.29) is 23.6 Å². The minimum Gasteiger partial charge on any atom is -0.308 e. The van der Waals surface area contributed by atoms with E-state index in [2.05, 4.69) is 37.5 Å². The van der Waals surface area contributed by atoms with Crippen LogP contribution in [0.3, 0.4) is 0 Å². The minimum absolute atomic E-state index is 0.0373. The van der Waals surface area contributed by atoms with E-state index in [4.69, 9.17) is 0 Å². The highest BCUT2D eigenvalue weighted by Crippen LogP contribution is 2.35. The number of amides is 2. The van der Waals surface area contributed by atoms with E-state index in [1.165, 1.54) is 16.8 Å². The fraction of sp³-hybridized carbons (Fsp3) is 0.308. The van der Waals surface area contributed by atoms with Crippen LogP contribution in [0.4, 0.5) is 29.5 Å². The number of hydrogen-bond acceptors (Lipinski definition) is 5. The maximum absolute atomic E-state index is 13.8. The highest BCUT2D eigenvalue weighted by atomic mass is 19.4. The van der Waals surface area contributed by atoms with Crippen molar-refractivity contribution in [1.29, 1.82) is 0 Å². The van der Waals surface area contributed by atoms with Crippen LogP contribution < -0.4 is 10.6 Å². The van der Waals surface area contributed by atoms with Gasteiger partial charge in [0, 0.05) is 37.7 Å². The number of fused-ring (bicyclic) bond motifs is 1. The Kier molecular flexibility index (Phi) is 7.02. The normalized spacial score (nSPS) is 14.2. The third kappa shape index (κ3) is 5.78. The smallest absolute Gasteiger partial charge is 0.308 e. The zero-order valence-electron chi connectivity index (χ0n) is 20.6. The quantitative estimate of drug-likeness (QED) is 0.385. The molecule has 3 aromatic heterocycles. The van der Waals surface area contributed by atoms with Gasteiger partial charge in [-0.25, -0.2) is 9.78 Å². The lowest BCUT2D eigenvalue weighted by Crippen LogP contribution is -2.30. The summed E-state index contributed by atoms with van der Waals surface area (Å²) in [5.74, 6) is 6.20. The first-order valence-corrected chi connectivity index (χ1v) is 12.1. The molecule has 0 atom stereocenters. The summed E-state index contributed by atoms with van der Waals surface area (Å²) in [4.78, 5) is 22.8. The number of aryl methyl sites for hydroxylation is 1. The van der Waals surface area contributed by atoms with Gasteiger partial charge < -0.3 is 5.32 Å². The number of hydrogen-bond donors (Lipinski definition) is 2. The molecule has 1 fully saturated rings. The molecule has 5 rings (SSSR count). The molecule has 0 unspecified atom stereocenters. The Morgan fingerprint density at radius 3 is 2.63 bits per heavy atom. The summed E-state index contributed by atoms with van der Waals surface area (Å²) in [6.45, 7) is 1.80. The summed E-state index contributed by atoms with van der Waals surface area (Å²) in [6.07, 6.45) is 5.16. The molecule has 1 saturated heterocycles. The lowest BCUT2D eigenvalue weighted by molar-refractivity contribution is -0.138. The summed E-state index contributed by atoms with van der Waals surface area (Å²) in [6, 6.07) is 4.74. The van der Waals surface area contributed by atoms with Gasteiger partial charge in [-0.3, -0.25) is 24.3 Å². The average Bonchev–Trinajstić information content (AvgIpc) is 3.46. The molecule has 0 spiro atoms. The molecule has 1 aliphatic rings. The van der Waals surface area contributed by atoms with Gasteiger partial charge >= 0.3 is 12.2 Å². The van der Waals surface area contributed by atoms with Gasteiger partial charge in [-0.2, -0.15) is 18.3 Å². The van der Waals surface area contributed by atoms with Crippen molar-refractivity contribution >= 4 is 23.2 Å². The molecule has 4 aromatic rings. The molecule has 0 radical (unpaired) electrons. The van der Waals surface area contributed by atoms with Crippen LogP contribution in [0.25, 0.3) is 5.65 Å². The maximum atomic E-state index is 13.8. The standard InChI is InChI=1S/C26H25F3N8O/c1-35-20(7-8-21-15-31-24-16-30-9-12-37(21)24)14-23(34-35)33-25(38)32-19-6-5-18(22(13-19)26(27,28)29)17-36-10-3-2-4-11-36/h5-6,9,12-16H,2-4,10-11,17H2,1H3,(H2,32,33,34,38). The van der Waals surface area contributed by atoms with Crippen LogP contribution in [0, 0.1) is 11.8 Å². The molecule has 0 saturated carbocycles. The van der Waals surface area contributed by atoms with Gasteiger partial charge in [0.25, 0.3) is 0 Å². The van der Waals surface area contributed by atoms with E-state index in [1.54, 1.807) is 42.3 Å². The molecule has 0 aliphatic carbocycles. The molecule has 9 nitrogen and oxygen atoms in total. The molecule has 1 aromatic carbocycles. The van der Waals surface area contributed by atoms with E-state index in [1.807, 2.05) is 4.90 Å². The number of nitrogens with one attached hydrogen (secondary N) is 2. The fourth-order valence-electron chi connectivity index (χ4n) is 4.40. The fourth-order valence-corrected chi connectivity index (χ4v) is 4.40. The number of imidazole rings is 1. The largest absolute Gasteiger partial charge is 0.416 e. The summed E-state index contributed by atoms with van der Waals surface area (Å²) in [7, 11) is 1.67. The van der Waals surface area contributed by atoms with Gasteiger partial charge in [-0.15, -0.1) is 0 Å². The number of benzene rings is 1. The van der Waals surface area contributed by atoms with Crippen LogP contribution >= 0.6 is 0 Å². The Labute approximate surface area is 216 Å². The van der Waals surface area contributed by atoms with E-state index in [0.717, 1.165) is 38.4 Å². The van der Waals surface area contributed by atoms with Crippen LogP contribution in [0.15, 0.2) is 49.1 Å². The number of likely N-dealkylation sites (tertiary alicyclic amines) is 1. The predicted octanol–water partition coefficient (Wildman–Crippen LogP) is 4.51. The number of halogens is 3. The van der Waals surface area contributed by atoms with E-state index in [9.17, 15) is 18.0 Å². The number of aromatic nitrogens is 5. The molecular weight excluding hydrogens is 497 g/mol. The third-order valence-corrected chi connectivity index (χ3v) is 6.27. The number of nitrogens with zero attached hydrogens (tertiary/aromatic N) is 6. The first-order chi connectivity index (χ1) is 18.3. The van der Waals surface area contributed by atoms with Gasteiger partial charge in [0.15, 0.2) is 11.5 Å². The van der Waals surface area contributed by atoms with Crippen molar-refractivity contribution in [3.05, 3.63) is 71.6 Å². The summed E-state index contributed by atoms with van der Waals surface area (Å²) >= 11 is 0. The predicted molar refractivity (Wildman–Crippen MR) is 135 cm³/mol. The Balaban J connectivity index is 1.27. The average molecular weight is 523 g/mol. The molecule has 2 N–H and O–H groups in total. The van der Waals surface area contributed by atoms with Gasteiger partial charge in [0.2, 0.25) is 0 Å². The Hall–Kier alpha value is -4.37. The first-order valence-electron chi connectivity index (χ1n) is 12.1. The molecule has 12 heteroatoms. The van der Waals surface area contributed by atoms with Crippen molar-refractivity contribution < 1.29 is 18.0 Å². The lowest BCUT2D eigenvalue weighted by Gasteiger charge is -2.27. The number of anilines is 2. The van der Waals surface area contributed by atoms with Gasteiger partial charge in [0.05, 0.1) is 18.0 Å². The number of carbonyl (C=O) groups is 1. The number of urea groups is 1. The number of alkyl halides is 3. The second kappa shape index (κ2) is 10.5. The second-order valence-corrected chi connectivity index (χ2v) is 9.02. The monoisotopic (exact) mass is 522 g/mol. The van der Waals surface area contributed by atoms with Crippen molar-refractivity contribution in [2.75, 3.05) is 23.7 Å². The van der Waals surface area contributed by atoms with E-state index < -0.39 is 17.8 Å². The molecule has 1 aliphatic heterocycles. The summed E-state index contributed by atoms with van der Waals surface area (Å²) in [5.41, 5.74) is 1.31. The van der Waals surface area contributed by atoms with Crippen LogP contribution in [0.2, 0.25) is 0 Å². The van der Waals surface area contributed by atoms with Gasteiger partial charge in [-0.1, -0.05) is 12.5 Å². The first kappa shape index (κ1) is 25.3. The molecule has 0 bridgehead atoms. The molecular formula is C26H25F3N8O. The van der Waals surface area contributed by atoms with Crippen molar-refractivity contribution in [2.24, 2.45) is 7.05 Å². The van der Waals surface area contributed by atoms with E-state index in [0.29, 0.717) is 17.0 Å². The van der Waals surface area contributed by atoms with Crippen molar-refractivity contribution in [1.82, 2.24) is 29.0 Å². The molecule has 4 heterocycles. The summed E-state index contributed by atoms with van der Waals surface area (Å²) < 4.78 is 44.7. The molecule has 38 heavy (non-hydrogen) atoms. The lowest BCUT2D eigenvalue weighted by atomic mass is 10.0. The number of rotatable bonds is 4. The highest BCUT2D eigenvalue weighted by Gasteiger charge is 2.34. The van der Waals surface area contributed by atoms with Crippen molar-refractivity contribution in [3.63, 3.8) is 0 Å². The van der Waals surface area contributed by atoms with Gasteiger partial charge in [-0.05, 0) is 55.5 Å². The molecule has 2 amide bonds. The Morgan fingerprint density at radius 1 is 1.05 bits per heavy atom. The summed E-state index contributed by atoms with van der Waals surface area (Å²) in [5, 5.41) is 9.23. The maximum Gasteiger partial charge on any atom is 0.416 e. The third-order valence-electron chi connectivity index (χ3n) is 6.27. The second-order valence-electron chi connectivity index (χ2n) is 9.02. The van der Waals surface area contributed by atoms with Crippen LogP contribution in [-0.4, -0.2) is 48.2 Å². The highest BCUT2D eigenvalue weighted by molar-refractivity contribution is 5.99. The SMILES string of the molecule is Cn1nc(NC(=O)Nc2ccc(CN3CCCCC3)c(C(F)(F)F)c2)cc1C#Cc1cnc2cnccn12. The molecule has 196 valence electrons. The number of piperidine rings is 1. The van der Waals surface area contributed by atoms with E-state index >= 15 is 0 Å². The van der Waals surface area contributed by atoms with Crippen LogP contribution in [0.1, 0.15) is 41.8 Å². The minimum atomic E-state index is -4.54. The van der Waals surface area contributed by atoms with Crippen LogP contribution in [0.5, 0.6) is 0 Å². The Morgan fingerprint density at radius 2 is 1.84 bits per heavy atom. The zero-order chi connectivity index (χ0) is 26.7. The van der Waals surface area contributed by atoms with Crippen LogP contribution in [-0.2, 0) is 19.8 Å². The topological polar surface area (TPSA) is 92.4 Å². The Bertz CT molecular complexity index is 1520. The zero-order valence-corrected chi connectivity index (χ0v) is 20.6.